The summed E-state index contributed by atoms with van der Waals surface area (Å²) in [5, 5.41) is 22.6. The van der Waals surface area contributed by atoms with Gasteiger partial charge in [-0.3, -0.25) is 4.79 Å². The Morgan fingerprint density at radius 3 is 2.78 bits per heavy atom. The Bertz CT molecular complexity index is 501. The summed E-state index contributed by atoms with van der Waals surface area (Å²) in [5.41, 5.74) is 8.28. The lowest BCUT2D eigenvalue weighted by molar-refractivity contribution is 0.0234. The van der Waals surface area contributed by atoms with Gasteiger partial charge in [-0.25, -0.2) is 4.39 Å². The molecule has 0 aliphatic heterocycles. The second kappa shape index (κ2) is 6.11. The Hall–Kier alpha value is -1.95. The number of aliphatic hydroxyl groups is 2. The van der Waals surface area contributed by atoms with Crippen molar-refractivity contribution < 1.29 is 19.4 Å². The molecule has 6 nitrogen and oxygen atoms in total. The standard InChI is InChI=1S/C11H12FN3O3/c1-6-2-3-8(12)7(5-16)10(6)11(18)9(17)4-14-15-13/h2-3,5,9,11,17-18H,4H2,1H3. The molecule has 2 N–H and O–H groups in total. The summed E-state index contributed by atoms with van der Waals surface area (Å²) < 4.78 is 13.4. The predicted molar refractivity (Wildman–Crippen MR) is 61.5 cm³/mol. The molecule has 18 heavy (non-hydrogen) atoms. The van der Waals surface area contributed by atoms with E-state index in [-0.39, 0.29) is 24.0 Å². The molecule has 96 valence electrons. The number of nitrogens with zero attached hydrogens (tertiary/aromatic N) is 3. The van der Waals surface area contributed by atoms with Crippen molar-refractivity contribution >= 4 is 6.29 Å². The SMILES string of the molecule is Cc1ccc(F)c(C=O)c1C(O)C(O)CN=[N+]=[N-]. The Morgan fingerprint density at radius 1 is 1.56 bits per heavy atom. The highest BCUT2D eigenvalue weighted by Gasteiger charge is 2.24. The number of aldehydes is 1. The molecule has 0 aliphatic carbocycles. The van der Waals surface area contributed by atoms with E-state index in [1.54, 1.807) is 6.92 Å². The first-order valence-corrected chi connectivity index (χ1v) is 5.14. The number of aryl methyl sites for hydroxylation is 1. The van der Waals surface area contributed by atoms with Gasteiger partial charge in [0, 0.05) is 4.91 Å². The molecule has 0 fully saturated rings. The van der Waals surface area contributed by atoms with Crippen LogP contribution in [0.5, 0.6) is 0 Å². The van der Waals surface area contributed by atoms with E-state index in [2.05, 4.69) is 10.0 Å². The van der Waals surface area contributed by atoms with Gasteiger partial charge in [0.1, 0.15) is 11.9 Å². The number of hydrogen-bond donors (Lipinski definition) is 2. The number of aliphatic hydroxyl groups excluding tert-OH is 2. The van der Waals surface area contributed by atoms with E-state index in [1.807, 2.05) is 0 Å². The van der Waals surface area contributed by atoms with Crippen LogP contribution in [-0.2, 0) is 0 Å². The van der Waals surface area contributed by atoms with E-state index in [0.29, 0.717) is 5.56 Å². The zero-order valence-electron chi connectivity index (χ0n) is 9.62. The van der Waals surface area contributed by atoms with Crippen molar-refractivity contribution in [1.29, 1.82) is 0 Å². The van der Waals surface area contributed by atoms with E-state index >= 15 is 0 Å². The molecule has 0 bridgehead atoms. The molecule has 1 aromatic rings. The van der Waals surface area contributed by atoms with Crippen LogP contribution < -0.4 is 0 Å². The van der Waals surface area contributed by atoms with Gasteiger partial charge in [0.15, 0.2) is 6.29 Å². The van der Waals surface area contributed by atoms with Crippen molar-refractivity contribution in [3.05, 3.63) is 45.1 Å². The average molecular weight is 253 g/mol. The second-order valence-corrected chi connectivity index (χ2v) is 3.74. The smallest absolute Gasteiger partial charge is 0.153 e. The highest BCUT2D eigenvalue weighted by atomic mass is 19.1. The largest absolute Gasteiger partial charge is 0.390 e. The second-order valence-electron chi connectivity index (χ2n) is 3.74. The third-order valence-electron chi connectivity index (χ3n) is 2.56. The zero-order valence-corrected chi connectivity index (χ0v) is 9.62. The fraction of sp³-hybridized carbons (Fsp3) is 0.364. The molecule has 0 saturated heterocycles. The van der Waals surface area contributed by atoms with E-state index in [0.717, 1.165) is 6.07 Å². The van der Waals surface area contributed by atoms with Crippen LogP contribution in [-0.4, -0.2) is 29.1 Å². The molecule has 1 aromatic carbocycles. The van der Waals surface area contributed by atoms with Gasteiger partial charge < -0.3 is 10.2 Å². The number of halogens is 1. The van der Waals surface area contributed by atoms with Crippen molar-refractivity contribution in [1.82, 2.24) is 0 Å². The molecule has 0 heterocycles. The topological polar surface area (TPSA) is 106 Å². The van der Waals surface area contributed by atoms with Crippen molar-refractivity contribution in [2.45, 2.75) is 19.1 Å². The first kappa shape index (κ1) is 14.1. The maximum absolute atomic E-state index is 13.4. The van der Waals surface area contributed by atoms with Gasteiger partial charge in [-0.15, -0.1) is 0 Å². The fourth-order valence-corrected chi connectivity index (χ4v) is 1.64. The van der Waals surface area contributed by atoms with Crippen LogP contribution in [0.1, 0.15) is 27.6 Å². The molecule has 0 saturated carbocycles. The lowest BCUT2D eigenvalue weighted by atomic mass is 9.94. The van der Waals surface area contributed by atoms with Gasteiger partial charge in [0.2, 0.25) is 0 Å². The van der Waals surface area contributed by atoms with Crippen LogP contribution in [0.25, 0.3) is 10.4 Å². The van der Waals surface area contributed by atoms with Crippen molar-refractivity contribution in [3.8, 4) is 0 Å². The van der Waals surface area contributed by atoms with Gasteiger partial charge in [0.05, 0.1) is 18.2 Å². The summed E-state index contributed by atoms with van der Waals surface area (Å²) in [7, 11) is 0. The van der Waals surface area contributed by atoms with Gasteiger partial charge in [0.25, 0.3) is 0 Å². The Labute approximate surface area is 102 Å². The summed E-state index contributed by atoms with van der Waals surface area (Å²) in [6, 6.07) is 2.50. The monoisotopic (exact) mass is 253 g/mol. The molecule has 2 atom stereocenters. The zero-order chi connectivity index (χ0) is 13.7. The lowest BCUT2D eigenvalue weighted by Gasteiger charge is -2.20. The quantitative estimate of drug-likeness (QED) is 0.360. The van der Waals surface area contributed by atoms with Crippen LogP contribution >= 0.6 is 0 Å². The van der Waals surface area contributed by atoms with Gasteiger partial charge in [-0.2, -0.15) is 0 Å². The summed E-state index contributed by atoms with van der Waals surface area (Å²) in [5.74, 6) is -0.777. The third kappa shape index (κ3) is 2.84. The number of carbonyl (C=O) groups excluding carboxylic acids is 1. The average Bonchev–Trinajstić information content (AvgIpc) is 2.37. The van der Waals surface area contributed by atoms with Crippen molar-refractivity contribution in [3.63, 3.8) is 0 Å². The molecule has 1 rings (SSSR count). The maximum atomic E-state index is 13.4. The Balaban J connectivity index is 3.18. The Kier molecular flexibility index (Phi) is 4.79. The van der Waals surface area contributed by atoms with Crippen LogP contribution in [0.4, 0.5) is 4.39 Å². The first-order valence-electron chi connectivity index (χ1n) is 5.14. The third-order valence-corrected chi connectivity index (χ3v) is 2.56. The fourth-order valence-electron chi connectivity index (χ4n) is 1.64. The Morgan fingerprint density at radius 2 is 2.22 bits per heavy atom. The lowest BCUT2D eigenvalue weighted by Crippen LogP contribution is -2.23. The van der Waals surface area contributed by atoms with Gasteiger partial charge >= 0.3 is 0 Å². The molecule has 0 spiro atoms. The number of azide groups is 1. The molecule has 0 radical (unpaired) electrons. The van der Waals surface area contributed by atoms with Crippen LogP contribution in [0.3, 0.4) is 0 Å². The molecule has 0 aromatic heterocycles. The molecular weight excluding hydrogens is 241 g/mol. The number of hydrogen-bond acceptors (Lipinski definition) is 4. The molecule has 2 unspecified atom stereocenters. The highest BCUT2D eigenvalue weighted by Crippen LogP contribution is 2.26. The van der Waals surface area contributed by atoms with E-state index in [4.69, 9.17) is 5.53 Å². The summed E-state index contributed by atoms with van der Waals surface area (Å²) in [6.45, 7) is 1.21. The van der Waals surface area contributed by atoms with Gasteiger partial charge in [-0.1, -0.05) is 11.2 Å². The summed E-state index contributed by atoms with van der Waals surface area (Å²) >= 11 is 0. The minimum absolute atomic E-state index is 0.00522. The summed E-state index contributed by atoms with van der Waals surface area (Å²) in [6.07, 6.45) is -2.62. The molecular formula is C11H12FN3O3. The van der Waals surface area contributed by atoms with Crippen molar-refractivity contribution in [2.24, 2.45) is 5.11 Å². The summed E-state index contributed by atoms with van der Waals surface area (Å²) in [4.78, 5) is 13.3. The number of carbonyl (C=O) groups is 1. The maximum Gasteiger partial charge on any atom is 0.153 e. The highest BCUT2D eigenvalue weighted by molar-refractivity contribution is 5.78. The van der Waals surface area contributed by atoms with Crippen molar-refractivity contribution in [2.75, 3.05) is 6.54 Å². The van der Waals surface area contributed by atoms with Gasteiger partial charge in [-0.05, 0) is 29.6 Å². The van der Waals surface area contributed by atoms with E-state index in [9.17, 15) is 19.4 Å². The van der Waals surface area contributed by atoms with Crippen LogP contribution in [0.2, 0.25) is 0 Å². The van der Waals surface area contributed by atoms with E-state index in [1.165, 1.54) is 6.07 Å². The molecule has 7 heteroatoms. The molecule has 0 amide bonds. The van der Waals surface area contributed by atoms with Crippen LogP contribution in [0.15, 0.2) is 17.2 Å². The predicted octanol–water partition coefficient (Wildman–Crippen LogP) is 1.65. The minimum atomic E-state index is -1.49. The minimum Gasteiger partial charge on any atom is -0.390 e. The normalized spacial score (nSPS) is 13.6. The van der Waals surface area contributed by atoms with Crippen LogP contribution in [0, 0.1) is 12.7 Å². The van der Waals surface area contributed by atoms with E-state index < -0.39 is 18.0 Å². The first-order chi connectivity index (χ1) is 8.52. The number of benzene rings is 1. The molecule has 0 aliphatic rings. The number of rotatable bonds is 5.